The summed E-state index contributed by atoms with van der Waals surface area (Å²) < 4.78 is 11.2. The molecule has 0 fully saturated rings. The molecule has 1 aromatic carbocycles. The third kappa shape index (κ3) is 4.88. The first-order valence-corrected chi connectivity index (χ1v) is 6.38. The van der Waals surface area contributed by atoms with Gasteiger partial charge in [-0.2, -0.15) is 0 Å². The minimum atomic E-state index is 0.0931. The second-order valence-electron chi connectivity index (χ2n) is 3.74. The molecule has 3 nitrogen and oxygen atoms in total. The first-order chi connectivity index (χ1) is 8.17. The number of halogens is 1. The molecule has 0 saturated heterocycles. The van der Waals surface area contributed by atoms with Gasteiger partial charge in [-0.25, -0.2) is 0 Å². The summed E-state index contributed by atoms with van der Waals surface area (Å²) in [6, 6.07) is 5.64. The number of rotatable bonds is 7. The van der Waals surface area contributed by atoms with E-state index in [1.807, 2.05) is 25.1 Å². The minimum Gasteiger partial charge on any atom is -0.496 e. The molecule has 1 rings (SSSR count). The number of Topliss-reactive ketones (excluding diaryl/α,β-unsaturated/α-hetero) is 1. The minimum absolute atomic E-state index is 0.0931. The Kier molecular flexibility index (Phi) is 6.22. The second-order valence-corrected chi connectivity index (χ2v) is 4.59. The molecule has 4 heteroatoms. The summed E-state index contributed by atoms with van der Waals surface area (Å²) in [6.07, 6.45) is 1.33. The third-order valence-electron chi connectivity index (χ3n) is 2.23. The Balaban J connectivity index is 2.51. The predicted octanol–water partition coefficient (Wildman–Crippen LogP) is 3.00. The molecule has 0 atom stereocenters. The van der Waals surface area contributed by atoms with Crippen LogP contribution in [0, 0.1) is 0 Å². The molecule has 17 heavy (non-hydrogen) atoms. The molecule has 94 valence electrons. The summed E-state index contributed by atoms with van der Waals surface area (Å²) in [4.78, 5) is 11.6. The number of carbonyl (C=O) groups excluding carboxylic acids is 1. The number of hydrogen-bond acceptors (Lipinski definition) is 3. The fourth-order valence-corrected chi connectivity index (χ4v) is 2.02. The molecule has 1 aromatic rings. The molecule has 0 unspecified atom stereocenters. The van der Waals surface area contributed by atoms with Crippen LogP contribution in [0.5, 0.6) is 5.75 Å². The zero-order chi connectivity index (χ0) is 12.7. The maximum atomic E-state index is 11.6. The van der Waals surface area contributed by atoms with Crippen LogP contribution in [0.1, 0.15) is 18.9 Å². The average molecular weight is 301 g/mol. The average Bonchev–Trinajstić information content (AvgIpc) is 2.29. The lowest BCUT2D eigenvalue weighted by molar-refractivity contribution is -0.122. The molecule has 0 aromatic heterocycles. The molecular weight excluding hydrogens is 284 g/mol. The maximum Gasteiger partial charge on any atom is 0.162 e. The molecule has 0 radical (unpaired) electrons. The highest BCUT2D eigenvalue weighted by molar-refractivity contribution is 9.10. The Morgan fingerprint density at radius 3 is 2.76 bits per heavy atom. The van der Waals surface area contributed by atoms with Crippen molar-refractivity contribution < 1.29 is 14.3 Å². The molecule has 0 bridgehead atoms. The molecule has 0 N–H and O–H groups in total. The van der Waals surface area contributed by atoms with Crippen molar-refractivity contribution in [2.45, 2.75) is 19.8 Å². The van der Waals surface area contributed by atoms with Gasteiger partial charge in [-0.05, 0) is 40.0 Å². The smallest absolute Gasteiger partial charge is 0.162 e. The number of ether oxygens (including phenoxy) is 2. The summed E-state index contributed by atoms with van der Waals surface area (Å²) >= 11 is 3.39. The van der Waals surface area contributed by atoms with Crippen LogP contribution in [0.25, 0.3) is 0 Å². The lowest BCUT2D eigenvalue weighted by Gasteiger charge is -2.06. The van der Waals surface area contributed by atoms with Gasteiger partial charge < -0.3 is 9.47 Å². The summed E-state index contributed by atoms with van der Waals surface area (Å²) in [6.45, 7) is 2.85. The Bertz CT molecular complexity index is 377. The summed E-state index contributed by atoms with van der Waals surface area (Å²) in [5.41, 5.74) is 0.961. The highest BCUT2D eigenvalue weighted by Gasteiger charge is 2.06. The first-order valence-electron chi connectivity index (χ1n) is 5.59. The van der Waals surface area contributed by atoms with Crippen LogP contribution in [-0.2, 0) is 16.0 Å². The van der Waals surface area contributed by atoms with Crippen molar-refractivity contribution in [3.05, 3.63) is 28.2 Å². The zero-order valence-electron chi connectivity index (χ0n) is 10.2. The normalized spacial score (nSPS) is 10.3. The molecule has 0 amide bonds. The van der Waals surface area contributed by atoms with E-state index in [0.29, 0.717) is 13.0 Å². The van der Waals surface area contributed by atoms with Crippen molar-refractivity contribution in [3.8, 4) is 5.75 Å². The fourth-order valence-electron chi connectivity index (χ4n) is 1.43. The van der Waals surface area contributed by atoms with E-state index in [4.69, 9.17) is 9.47 Å². The van der Waals surface area contributed by atoms with Crippen LogP contribution >= 0.6 is 15.9 Å². The number of carbonyl (C=O) groups is 1. The molecule has 0 spiro atoms. The zero-order valence-corrected chi connectivity index (χ0v) is 11.7. The summed E-state index contributed by atoms with van der Waals surface area (Å²) in [5, 5.41) is 0. The van der Waals surface area contributed by atoms with E-state index in [1.54, 1.807) is 7.11 Å². The van der Waals surface area contributed by atoms with E-state index < -0.39 is 0 Å². The van der Waals surface area contributed by atoms with Gasteiger partial charge in [0, 0.05) is 13.0 Å². The predicted molar refractivity (Wildman–Crippen MR) is 70.5 cm³/mol. The number of hydrogen-bond donors (Lipinski definition) is 0. The molecule has 0 aliphatic carbocycles. The van der Waals surface area contributed by atoms with Gasteiger partial charge >= 0.3 is 0 Å². The van der Waals surface area contributed by atoms with Crippen molar-refractivity contribution in [1.29, 1.82) is 0 Å². The van der Waals surface area contributed by atoms with Gasteiger partial charge in [-0.3, -0.25) is 4.79 Å². The molecular formula is C13H17BrO3. The van der Waals surface area contributed by atoms with Gasteiger partial charge in [0.15, 0.2) is 5.78 Å². The first kappa shape index (κ1) is 14.2. The van der Waals surface area contributed by atoms with E-state index in [2.05, 4.69) is 15.9 Å². The Labute approximate surface area is 110 Å². The van der Waals surface area contributed by atoms with Crippen molar-refractivity contribution in [2.24, 2.45) is 0 Å². The van der Waals surface area contributed by atoms with Gasteiger partial charge in [0.25, 0.3) is 0 Å². The Morgan fingerprint density at radius 1 is 1.41 bits per heavy atom. The van der Waals surface area contributed by atoms with Crippen LogP contribution in [0.4, 0.5) is 0 Å². The maximum absolute atomic E-state index is 11.6. The van der Waals surface area contributed by atoms with E-state index in [1.165, 1.54) is 0 Å². The van der Waals surface area contributed by atoms with Crippen molar-refractivity contribution in [1.82, 2.24) is 0 Å². The van der Waals surface area contributed by atoms with Crippen LogP contribution in [0.3, 0.4) is 0 Å². The van der Waals surface area contributed by atoms with Crippen molar-refractivity contribution in [2.75, 3.05) is 20.3 Å². The molecule has 0 heterocycles. The van der Waals surface area contributed by atoms with Crippen LogP contribution in [0.15, 0.2) is 22.7 Å². The topological polar surface area (TPSA) is 35.5 Å². The second kappa shape index (κ2) is 7.45. The van der Waals surface area contributed by atoms with Crippen LogP contribution in [0.2, 0.25) is 0 Å². The van der Waals surface area contributed by atoms with E-state index >= 15 is 0 Å². The van der Waals surface area contributed by atoms with E-state index in [0.717, 1.165) is 22.2 Å². The fraction of sp³-hybridized carbons (Fsp3) is 0.462. The van der Waals surface area contributed by atoms with Gasteiger partial charge in [0.1, 0.15) is 12.4 Å². The summed E-state index contributed by atoms with van der Waals surface area (Å²) in [5.74, 6) is 0.860. The van der Waals surface area contributed by atoms with Crippen molar-refractivity contribution in [3.63, 3.8) is 0 Å². The lowest BCUT2D eigenvalue weighted by Crippen LogP contribution is -2.11. The largest absolute Gasteiger partial charge is 0.496 e. The van der Waals surface area contributed by atoms with Gasteiger partial charge in [-0.15, -0.1) is 0 Å². The highest BCUT2D eigenvalue weighted by Crippen LogP contribution is 2.25. The Hall–Kier alpha value is -0.870. The molecule has 0 saturated carbocycles. The summed E-state index contributed by atoms with van der Waals surface area (Å²) in [7, 11) is 1.61. The SMILES string of the molecule is CCCOCC(=O)Cc1ccc(OC)c(Br)c1. The lowest BCUT2D eigenvalue weighted by atomic mass is 10.1. The third-order valence-corrected chi connectivity index (χ3v) is 2.85. The Morgan fingerprint density at radius 2 is 2.18 bits per heavy atom. The van der Waals surface area contributed by atoms with Crippen LogP contribution in [-0.4, -0.2) is 26.1 Å². The number of ketones is 1. The monoisotopic (exact) mass is 300 g/mol. The van der Waals surface area contributed by atoms with Gasteiger partial charge in [-0.1, -0.05) is 13.0 Å². The van der Waals surface area contributed by atoms with Gasteiger partial charge in [0.2, 0.25) is 0 Å². The van der Waals surface area contributed by atoms with Gasteiger partial charge in [0.05, 0.1) is 11.6 Å². The quantitative estimate of drug-likeness (QED) is 0.726. The standard InChI is InChI=1S/C13H17BrO3/c1-3-6-17-9-11(15)7-10-4-5-13(16-2)12(14)8-10/h4-5,8H,3,6-7,9H2,1-2H3. The van der Waals surface area contributed by atoms with Crippen LogP contribution < -0.4 is 4.74 Å². The van der Waals surface area contributed by atoms with Crippen molar-refractivity contribution >= 4 is 21.7 Å². The number of methoxy groups -OCH3 is 1. The van der Waals surface area contributed by atoms with E-state index in [9.17, 15) is 4.79 Å². The highest BCUT2D eigenvalue weighted by atomic mass is 79.9. The number of benzene rings is 1. The van der Waals surface area contributed by atoms with E-state index in [-0.39, 0.29) is 12.4 Å². The molecule has 0 aliphatic heterocycles. The molecule has 0 aliphatic rings.